The molecule has 3 heterocycles. The fourth-order valence-electron chi connectivity index (χ4n) is 4.06. The molecule has 5 rings (SSSR count). The van der Waals surface area contributed by atoms with Crippen molar-refractivity contribution in [3.8, 4) is 11.5 Å². The Morgan fingerprint density at radius 2 is 1.85 bits per heavy atom. The molecule has 136 valence electrons. The molecule has 0 fully saturated rings. The number of benzene rings is 2. The fraction of sp³-hybridized carbons (Fsp3) is 0.273. The molecule has 2 aromatic heterocycles. The zero-order valence-electron chi connectivity index (χ0n) is 15.4. The summed E-state index contributed by atoms with van der Waals surface area (Å²) in [6.45, 7) is 2.99. The second kappa shape index (κ2) is 6.67. The molecule has 1 aliphatic rings. The normalized spacial score (nSPS) is 14.6. The van der Waals surface area contributed by atoms with Crippen molar-refractivity contribution in [1.29, 1.82) is 0 Å². The maximum atomic E-state index is 5.46. The largest absolute Gasteiger partial charge is 0.344 e. The van der Waals surface area contributed by atoms with Crippen LogP contribution in [-0.4, -0.2) is 33.2 Å². The van der Waals surface area contributed by atoms with Gasteiger partial charge in [0.2, 0.25) is 0 Å². The number of aryl methyl sites for hydroxylation is 2. The predicted octanol–water partition coefficient (Wildman–Crippen LogP) is 3.92. The van der Waals surface area contributed by atoms with Gasteiger partial charge in [0.15, 0.2) is 5.82 Å². The van der Waals surface area contributed by atoms with E-state index in [2.05, 4.69) is 50.9 Å². The van der Waals surface area contributed by atoms with Crippen LogP contribution in [0.4, 0.5) is 0 Å². The van der Waals surface area contributed by atoms with E-state index in [0.717, 1.165) is 43.9 Å². The molecule has 0 saturated carbocycles. The lowest BCUT2D eigenvalue weighted by Gasteiger charge is -2.24. The number of nitrogens with zero attached hydrogens (tertiary/aromatic N) is 4. The third-order valence-corrected chi connectivity index (χ3v) is 5.40. The van der Waals surface area contributed by atoms with Crippen LogP contribution in [0, 0.1) is 0 Å². The topological polar surface area (TPSA) is 47.1 Å². The molecule has 0 amide bonds. The highest BCUT2D eigenvalue weighted by molar-refractivity contribution is 5.85. The Bertz CT molecular complexity index is 1080. The summed E-state index contributed by atoms with van der Waals surface area (Å²) in [4.78, 5) is 6.98. The highest BCUT2D eigenvalue weighted by atomic mass is 16.5. The quantitative estimate of drug-likeness (QED) is 0.555. The Morgan fingerprint density at radius 1 is 1.04 bits per heavy atom. The predicted molar refractivity (Wildman–Crippen MR) is 105 cm³/mol. The summed E-state index contributed by atoms with van der Waals surface area (Å²) in [5, 5.41) is 5.56. The number of aromatic nitrogens is 3. The van der Waals surface area contributed by atoms with E-state index in [0.29, 0.717) is 5.89 Å². The number of para-hydroxylation sites is 1. The highest BCUT2D eigenvalue weighted by Crippen LogP contribution is 2.30. The first-order valence-corrected chi connectivity index (χ1v) is 9.45. The van der Waals surface area contributed by atoms with Crippen molar-refractivity contribution >= 4 is 10.9 Å². The van der Waals surface area contributed by atoms with E-state index in [-0.39, 0.29) is 0 Å². The van der Waals surface area contributed by atoms with Gasteiger partial charge < -0.3 is 14.0 Å². The first-order chi connectivity index (χ1) is 13.3. The molecule has 0 spiro atoms. The minimum Gasteiger partial charge on any atom is -0.344 e. The lowest BCUT2D eigenvalue weighted by atomic mass is 10.1. The molecule has 0 unspecified atom stereocenters. The minimum atomic E-state index is 0.589. The van der Waals surface area contributed by atoms with Crippen molar-refractivity contribution in [2.24, 2.45) is 0 Å². The van der Waals surface area contributed by atoms with Gasteiger partial charge in [-0.1, -0.05) is 41.6 Å². The first kappa shape index (κ1) is 16.3. The summed E-state index contributed by atoms with van der Waals surface area (Å²) < 4.78 is 7.91. The number of hydrogen-bond donors (Lipinski definition) is 0. The summed E-state index contributed by atoms with van der Waals surface area (Å²) >= 11 is 0. The van der Waals surface area contributed by atoms with Crippen molar-refractivity contribution in [1.82, 2.24) is 19.6 Å². The average Bonchev–Trinajstić information content (AvgIpc) is 3.30. The van der Waals surface area contributed by atoms with Gasteiger partial charge >= 0.3 is 0 Å². The number of hydrogen-bond acceptors (Lipinski definition) is 4. The van der Waals surface area contributed by atoms with Gasteiger partial charge in [-0.3, -0.25) is 0 Å². The third-order valence-electron chi connectivity index (χ3n) is 5.40. The maximum absolute atomic E-state index is 5.46. The lowest BCUT2D eigenvalue weighted by molar-refractivity contribution is 0.309. The Balaban J connectivity index is 1.44. The molecule has 1 aliphatic heterocycles. The Kier molecular flexibility index (Phi) is 4.02. The van der Waals surface area contributed by atoms with Crippen molar-refractivity contribution in [3.05, 3.63) is 71.7 Å². The number of rotatable bonds is 4. The highest BCUT2D eigenvalue weighted by Gasteiger charge is 2.22. The van der Waals surface area contributed by atoms with Crippen molar-refractivity contribution in [2.75, 3.05) is 13.6 Å². The van der Waals surface area contributed by atoms with E-state index in [1.165, 1.54) is 22.2 Å². The maximum Gasteiger partial charge on any atom is 0.257 e. The van der Waals surface area contributed by atoms with E-state index in [4.69, 9.17) is 4.52 Å². The molecule has 0 aliphatic carbocycles. The van der Waals surface area contributed by atoms with Crippen LogP contribution in [0.2, 0.25) is 0 Å². The van der Waals surface area contributed by atoms with Crippen LogP contribution in [0.3, 0.4) is 0 Å². The van der Waals surface area contributed by atoms with Crippen molar-refractivity contribution < 1.29 is 4.52 Å². The average molecular weight is 358 g/mol. The summed E-state index contributed by atoms with van der Waals surface area (Å²) in [5.74, 6) is 1.35. The van der Waals surface area contributed by atoms with Gasteiger partial charge in [-0.25, -0.2) is 0 Å². The van der Waals surface area contributed by atoms with E-state index in [9.17, 15) is 0 Å². The summed E-state index contributed by atoms with van der Waals surface area (Å²) in [5.41, 5.74) is 5.20. The summed E-state index contributed by atoms with van der Waals surface area (Å²) in [6, 6.07) is 18.6. The number of fused-ring (bicyclic) bond motifs is 3. The van der Waals surface area contributed by atoms with E-state index >= 15 is 0 Å². The van der Waals surface area contributed by atoms with Crippen molar-refractivity contribution in [3.63, 3.8) is 0 Å². The molecule has 4 aromatic rings. The Labute approximate surface area is 158 Å². The monoisotopic (exact) mass is 358 g/mol. The standard InChI is InChI=1S/C22H22N4O/c1-25-13-11-20-18(15-25)17-9-5-6-10-19(17)26(20)14-12-21-23-22(27-24-21)16-7-3-2-4-8-16/h2-10H,11-15H2,1H3. The first-order valence-electron chi connectivity index (χ1n) is 9.45. The second-order valence-electron chi connectivity index (χ2n) is 7.21. The van der Waals surface area contributed by atoms with Crippen LogP contribution >= 0.6 is 0 Å². The third kappa shape index (κ3) is 2.94. The molecule has 27 heavy (non-hydrogen) atoms. The van der Waals surface area contributed by atoms with E-state index in [1.54, 1.807) is 0 Å². The molecule has 5 heteroatoms. The molecule has 0 N–H and O–H groups in total. The van der Waals surface area contributed by atoms with Crippen LogP contribution in [0.15, 0.2) is 59.1 Å². The van der Waals surface area contributed by atoms with Crippen LogP contribution in [0.1, 0.15) is 17.1 Å². The Morgan fingerprint density at radius 3 is 2.74 bits per heavy atom. The van der Waals surface area contributed by atoms with Crippen LogP contribution < -0.4 is 0 Å². The zero-order valence-corrected chi connectivity index (χ0v) is 15.4. The van der Waals surface area contributed by atoms with Crippen molar-refractivity contribution in [2.45, 2.75) is 25.9 Å². The van der Waals surface area contributed by atoms with Gasteiger partial charge in [0, 0.05) is 54.6 Å². The van der Waals surface area contributed by atoms with Crippen LogP contribution in [-0.2, 0) is 25.9 Å². The van der Waals surface area contributed by atoms with Gasteiger partial charge in [-0.2, -0.15) is 4.98 Å². The van der Waals surface area contributed by atoms with Gasteiger partial charge in [-0.15, -0.1) is 0 Å². The number of likely N-dealkylation sites (N-methyl/N-ethyl adjacent to an activating group) is 1. The second-order valence-corrected chi connectivity index (χ2v) is 7.21. The minimum absolute atomic E-state index is 0.589. The molecule has 2 aromatic carbocycles. The van der Waals surface area contributed by atoms with Crippen LogP contribution in [0.5, 0.6) is 0 Å². The summed E-state index contributed by atoms with van der Waals surface area (Å²) in [7, 11) is 2.19. The SMILES string of the molecule is CN1CCc2c(c3ccccc3n2CCc2noc(-c3ccccc3)n2)C1. The molecule has 0 radical (unpaired) electrons. The zero-order chi connectivity index (χ0) is 18.2. The van der Waals surface area contributed by atoms with E-state index < -0.39 is 0 Å². The van der Waals surface area contributed by atoms with Gasteiger partial charge in [-0.05, 0) is 30.8 Å². The smallest absolute Gasteiger partial charge is 0.257 e. The summed E-state index contributed by atoms with van der Waals surface area (Å²) in [6.07, 6.45) is 1.85. The molecular weight excluding hydrogens is 336 g/mol. The van der Waals surface area contributed by atoms with Gasteiger partial charge in [0.05, 0.1) is 0 Å². The molecule has 0 bridgehead atoms. The lowest BCUT2D eigenvalue weighted by Crippen LogP contribution is -2.27. The van der Waals surface area contributed by atoms with Gasteiger partial charge in [0.25, 0.3) is 5.89 Å². The van der Waals surface area contributed by atoms with E-state index in [1.807, 2.05) is 30.3 Å². The molecule has 0 atom stereocenters. The molecule has 5 nitrogen and oxygen atoms in total. The van der Waals surface area contributed by atoms with Gasteiger partial charge in [0.1, 0.15) is 0 Å². The Hall–Kier alpha value is -2.92. The molecular formula is C22H22N4O. The fourth-order valence-corrected chi connectivity index (χ4v) is 4.06. The molecule has 0 saturated heterocycles. The van der Waals surface area contributed by atoms with Crippen LogP contribution in [0.25, 0.3) is 22.4 Å².